The fraction of sp³-hybridized carbons (Fsp3) is 0.364. The molecular formula is C11H12IN5O. The highest BCUT2D eigenvalue weighted by Crippen LogP contribution is 2.23. The van der Waals surface area contributed by atoms with Crippen LogP contribution in [0.2, 0.25) is 0 Å². The smallest absolute Gasteiger partial charge is 0.231 e. The zero-order valence-electron chi connectivity index (χ0n) is 9.56. The van der Waals surface area contributed by atoms with E-state index in [0.717, 1.165) is 30.9 Å². The van der Waals surface area contributed by atoms with Crippen molar-refractivity contribution >= 4 is 28.7 Å². The van der Waals surface area contributed by atoms with Crippen LogP contribution in [0.4, 0.5) is 5.82 Å². The lowest BCUT2D eigenvalue weighted by atomic mass is 10.1. The molecule has 0 amide bonds. The van der Waals surface area contributed by atoms with Gasteiger partial charge < -0.3 is 13.4 Å². The Hall–Kier alpha value is -1.22. The first kappa shape index (κ1) is 11.8. The van der Waals surface area contributed by atoms with Gasteiger partial charge in [0.15, 0.2) is 0 Å². The van der Waals surface area contributed by atoms with Crippen LogP contribution in [0, 0.1) is 0 Å². The van der Waals surface area contributed by atoms with E-state index in [1.165, 1.54) is 0 Å². The van der Waals surface area contributed by atoms with Gasteiger partial charge in [0.05, 0.1) is 28.8 Å². The van der Waals surface area contributed by atoms with Crippen LogP contribution in [0.3, 0.4) is 0 Å². The largest absolute Gasteiger partial charge is 0.339 e. The van der Waals surface area contributed by atoms with Gasteiger partial charge in [-0.1, -0.05) is 5.16 Å². The summed E-state index contributed by atoms with van der Waals surface area (Å²) in [5.74, 6) is 2.47. The van der Waals surface area contributed by atoms with Gasteiger partial charge in [-0.3, -0.25) is 0 Å². The third-order valence-corrected chi connectivity index (χ3v) is 3.52. The van der Waals surface area contributed by atoms with Crippen LogP contribution in [0.5, 0.6) is 0 Å². The van der Waals surface area contributed by atoms with E-state index in [9.17, 15) is 0 Å². The average molecular weight is 357 g/mol. The predicted molar refractivity (Wildman–Crippen MR) is 75.4 cm³/mol. The van der Waals surface area contributed by atoms with Crippen molar-refractivity contribution in [1.82, 2.24) is 20.4 Å². The standard InChI is InChI=1S/C11H12IN5O/c12-16-9-2-1-7(6-14-9)10-15-11(18-17-10)8-3-4-13-5-8/h1-2,6,8,13H,3-5H2,(H,14,16). The highest BCUT2D eigenvalue weighted by atomic mass is 127. The molecule has 1 aliphatic heterocycles. The third-order valence-electron chi connectivity index (χ3n) is 2.97. The van der Waals surface area contributed by atoms with Crippen molar-refractivity contribution < 1.29 is 4.52 Å². The molecule has 3 rings (SSSR count). The first-order valence-corrected chi connectivity index (χ1v) is 6.82. The van der Waals surface area contributed by atoms with E-state index in [0.29, 0.717) is 17.6 Å². The molecular weight excluding hydrogens is 345 g/mol. The Morgan fingerprint density at radius 3 is 3.06 bits per heavy atom. The molecule has 6 nitrogen and oxygen atoms in total. The van der Waals surface area contributed by atoms with Crippen LogP contribution < -0.4 is 8.85 Å². The number of halogens is 1. The highest BCUT2D eigenvalue weighted by Gasteiger charge is 2.23. The Morgan fingerprint density at radius 2 is 2.39 bits per heavy atom. The maximum atomic E-state index is 5.31. The maximum Gasteiger partial charge on any atom is 0.231 e. The van der Waals surface area contributed by atoms with E-state index in [1.807, 2.05) is 35.0 Å². The first-order chi connectivity index (χ1) is 8.86. The number of aromatic nitrogens is 3. The van der Waals surface area contributed by atoms with E-state index in [4.69, 9.17) is 4.52 Å². The van der Waals surface area contributed by atoms with E-state index in [2.05, 4.69) is 24.0 Å². The third kappa shape index (κ3) is 2.32. The molecule has 18 heavy (non-hydrogen) atoms. The van der Waals surface area contributed by atoms with E-state index >= 15 is 0 Å². The lowest BCUT2D eigenvalue weighted by Gasteiger charge is -1.99. The van der Waals surface area contributed by atoms with Crippen molar-refractivity contribution in [1.29, 1.82) is 0 Å². The summed E-state index contributed by atoms with van der Waals surface area (Å²) >= 11 is 2.04. The molecule has 0 aromatic carbocycles. The van der Waals surface area contributed by atoms with Crippen molar-refractivity contribution in [2.24, 2.45) is 0 Å². The second-order valence-electron chi connectivity index (χ2n) is 4.17. The van der Waals surface area contributed by atoms with Crippen LogP contribution in [-0.2, 0) is 0 Å². The van der Waals surface area contributed by atoms with E-state index in [-0.39, 0.29) is 0 Å². The molecule has 2 N–H and O–H groups in total. The van der Waals surface area contributed by atoms with E-state index < -0.39 is 0 Å². The molecule has 1 atom stereocenters. The Bertz CT molecular complexity index is 520. The van der Waals surface area contributed by atoms with Crippen LogP contribution in [-0.4, -0.2) is 28.2 Å². The van der Waals surface area contributed by atoms with Gasteiger partial charge >= 0.3 is 0 Å². The summed E-state index contributed by atoms with van der Waals surface area (Å²) in [7, 11) is 0. The number of hydrogen-bond donors (Lipinski definition) is 2. The minimum absolute atomic E-state index is 0.342. The van der Waals surface area contributed by atoms with Gasteiger partial charge in [0.1, 0.15) is 5.82 Å². The maximum absolute atomic E-state index is 5.31. The number of anilines is 1. The summed E-state index contributed by atoms with van der Waals surface area (Å²) < 4.78 is 8.26. The second-order valence-corrected chi connectivity index (χ2v) is 4.71. The zero-order chi connectivity index (χ0) is 12.4. The lowest BCUT2D eigenvalue weighted by molar-refractivity contribution is 0.359. The fourth-order valence-corrected chi connectivity index (χ4v) is 2.28. The van der Waals surface area contributed by atoms with Crippen LogP contribution >= 0.6 is 22.9 Å². The highest BCUT2D eigenvalue weighted by molar-refractivity contribution is 14.1. The van der Waals surface area contributed by atoms with Crippen molar-refractivity contribution in [3.05, 3.63) is 24.2 Å². The van der Waals surface area contributed by atoms with Gasteiger partial charge in [-0.2, -0.15) is 4.98 Å². The molecule has 7 heteroatoms. The SMILES string of the molecule is INc1ccc(-c2noc(C3CCNC3)n2)cn1. The Labute approximate surface area is 118 Å². The summed E-state index contributed by atoms with van der Waals surface area (Å²) in [6.45, 7) is 1.93. The van der Waals surface area contributed by atoms with Crippen LogP contribution in [0.1, 0.15) is 18.2 Å². The second kappa shape index (κ2) is 5.19. The summed E-state index contributed by atoms with van der Waals surface area (Å²) in [5, 5.41) is 7.30. The van der Waals surface area contributed by atoms with Crippen molar-refractivity contribution in [3.63, 3.8) is 0 Å². The van der Waals surface area contributed by atoms with Gasteiger partial charge in [0.25, 0.3) is 0 Å². The summed E-state index contributed by atoms with van der Waals surface area (Å²) in [5.41, 5.74) is 0.867. The van der Waals surface area contributed by atoms with Gasteiger partial charge in [-0.05, 0) is 25.1 Å². The summed E-state index contributed by atoms with van der Waals surface area (Å²) in [6.07, 6.45) is 2.79. The van der Waals surface area contributed by atoms with Gasteiger partial charge in [-0.25, -0.2) is 4.98 Å². The normalized spacial score (nSPS) is 19.1. The van der Waals surface area contributed by atoms with Crippen LogP contribution in [0.25, 0.3) is 11.4 Å². The molecule has 0 bridgehead atoms. The Morgan fingerprint density at radius 1 is 1.44 bits per heavy atom. The van der Waals surface area contributed by atoms with E-state index in [1.54, 1.807) is 6.20 Å². The zero-order valence-corrected chi connectivity index (χ0v) is 11.7. The molecule has 1 unspecified atom stereocenters. The van der Waals surface area contributed by atoms with Gasteiger partial charge in [0, 0.05) is 18.3 Å². The van der Waals surface area contributed by atoms with Gasteiger partial charge in [-0.15, -0.1) is 0 Å². The molecule has 1 aliphatic rings. The number of nitrogens with zero attached hydrogens (tertiary/aromatic N) is 3. The molecule has 0 spiro atoms. The quantitative estimate of drug-likeness (QED) is 0.646. The topological polar surface area (TPSA) is 75.9 Å². The Balaban J connectivity index is 1.82. The molecule has 3 heterocycles. The molecule has 0 saturated carbocycles. The molecule has 2 aromatic rings. The van der Waals surface area contributed by atoms with Crippen LogP contribution in [0.15, 0.2) is 22.9 Å². The minimum atomic E-state index is 0.342. The lowest BCUT2D eigenvalue weighted by Crippen LogP contribution is -2.08. The molecule has 1 fully saturated rings. The number of rotatable bonds is 3. The number of hydrogen-bond acceptors (Lipinski definition) is 6. The van der Waals surface area contributed by atoms with Gasteiger partial charge in [0.2, 0.25) is 11.7 Å². The summed E-state index contributed by atoms with van der Waals surface area (Å²) in [6, 6.07) is 3.81. The molecule has 1 saturated heterocycles. The number of pyridine rings is 1. The fourth-order valence-electron chi connectivity index (χ4n) is 1.97. The molecule has 0 radical (unpaired) electrons. The monoisotopic (exact) mass is 357 g/mol. The summed E-state index contributed by atoms with van der Waals surface area (Å²) in [4.78, 5) is 8.67. The first-order valence-electron chi connectivity index (χ1n) is 5.74. The van der Waals surface area contributed by atoms with Crippen molar-refractivity contribution in [3.8, 4) is 11.4 Å². The average Bonchev–Trinajstić information content (AvgIpc) is 3.09. The number of nitrogens with one attached hydrogen (secondary N) is 2. The molecule has 0 aliphatic carbocycles. The van der Waals surface area contributed by atoms with Crippen molar-refractivity contribution in [2.75, 3.05) is 16.6 Å². The molecule has 94 valence electrons. The minimum Gasteiger partial charge on any atom is -0.339 e. The predicted octanol–water partition coefficient (Wildman–Crippen LogP) is 1.97. The molecule has 2 aromatic heterocycles. The Kier molecular flexibility index (Phi) is 3.41. The van der Waals surface area contributed by atoms with Crippen molar-refractivity contribution in [2.45, 2.75) is 12.3 Å².